The van der Waals surface area contributed by atoms with Crippen molar-refractivity contribution >= 4 is 18.0 Å². The summed E-state index contributed by atoms with van der Waals surface area (Å²) in [5, 5.41) is 9.62. The topological polar surface area (TPSA) is 57.6 Å². The largest absolute Gasteiger partial charge is 0.478 e. The first-order chi connectivity index (χ1) is 12.5. The van der Waals surface area contributed by atoms with Gasteiger partial charge in [-0.15, -0.1) is 0 Å². The standard InChI is InChI=1S/C22H29NO3/c1-15(2)20-10-6-5-7-16(20)11-19(22(25)26)12-21(24)23-13-17-8-3-4-9-18(17)14-23/h5-7,10-11,15,17-18H,3-4,8-9,12-14H2,1-2H3,(H,25,26). The van der Waals surface area contributed by atoms with Gasteiger partial charge in [0.1, 0.15) is 0 Å². The van der Waals surface area contributed by atoms with Crippen LogP contribution in [-0.4, -0.2) is 35.0 Å². The van der Waals surface area contributed by atoms with E-state index in [0.717, 1.165) is 24.2 Å². The quantitative estimate of drug-likeness (QED) is 0.801. The second-order valence-electron chi connectivity index (χ2n) is 8.04. The van der Waals surface area contributed by atoms with E-state index < -0.39 is 5.97 Å². The molecule has 3 rings (SSSR count). The smallest absolute Gasteiger partial charge is 0.332 e. The number of carboxylic acids is 1. The number of nitrogens with zero attached hydrogens (tertiary/aromatic N) is 1. The number of carboxylic acid groups (broad SMARTS) is 1. The summed E-state index contributed by atoms with van der Waals surface area (Å²) in [6.45, 7) is 5.78. The van der Waals surface area contributed by atoms with Crippen LogP contribution < -0.4 is 0 Å². The van der Waals surface area contributed by atoms with Gasteiger partial charge >= 0.3 is 5.97 Å². The van der Waals surface area contributed by atoms with Gasteiger partial charge in [0.15, 0.2) is 0 Å². The van der Waals surface area contributed by atoms with Crippen LogP contribution in [0.4, 0.5) is 0 Å². The molecule has 0 spiro atoms. The minimum atomic E-state index is -1.01. The van der Waals surface area contributed by atoms with Crippen molar-refractivity contribution in [1.82, 2.24) is 4.90 Å². The second kappa shape index (κ2) is 8.07. The molecular weight excluding hydrogens is 326 g/mol. The number of rotatable bonds is 5. The fourth-order valence-electron chi connectivity index (χ4n) is 4.43. The molecule has 0 bridgehead atoms. The number of fused-ring (bicyclic) bond motifs is 1. The lowest BCUT2D eigenvalue weighted by molar-refractivity contribution is -0.136. The first-order valence-corrected chi connectivity index (χ1v) is 9.76. The Labute approximate surface area is 155 Å². The highest BCUT2D eigenvalue weighted by atomic mass is 16.4. The molecule has 2 unspecified atom stereocenters. The van der Waals surface area contributed by atoms with Crippen LogP contribution in [0, 0.1) is 11.8 Å². The summed E-state index contributed by atoms with van der Waals surface area (Å²) in [5.74, 6) is 0.483. The van der Waals surface area contributed by atoms with Crippen LogP contribution in [-0.2, 0) is 9.59 Å². The van der Waals surface area contributed by atoms with E-state index in [1.807, 2.05) is 29.2 Å². The molecule has 1 heterocycles. The molecule has 4 nitrogen and oxygen atoms in total. The number of amides is 1. The molecule has 2 atom stereocenters. The van der Waals surface area contributed by atoms with Crippen molar-refractivity contribution in [3.8, 4) is 0 Å². The molecule has 1 aromatic rings. The average molecular weight is 355 g/mol. The van der Waals surface area contributed by atoms with Gasteiger partial charge in [0.25, 0.3) is 0 Å². The normalized spacial score (nSPS) is 23.2. The Morgan fingerprint density at radius 1 is 1.15 bits per heavy atom. The van der Waals surface area contributed by atoms with E-state index >= 15 is 0 Å². The Hall–Kier alpha value is -2.10. The van der Waals surface area contributed by atoms with Gasteiger partial charge in [-0.05, 0) is 47.8 Å². The number of likely N-dealkylation sites (tertiary alicyclic amines) is 1. The van der Waals surface area contributed by atoms with Crippen LogP contribution in [0.3, 0.4) is 0 Å². The van der Waals surface area contributed by atoms with Crippen LogP contribution in [0.5, 0.6) is 0 Å². The van der Waals surface area contributed by atoms with E-state index in [4.69, 9.17) is 0 Å². The van der Waals surface area contributed by atoms with E-state index in [2.05, 4.69) is 13.8 Å². The van der Waals surface area contributed by atoms with Crippen molar-refractivity contribution in [2.45, 2.75) is 51.9 Å². The van der Waals surface area contributed by atoms with E-state index in [-0.39, 0.29) is 17.9 Å². The maximum Gasteiger partial charge on any atom is 0.332 e. The highest BCUT2D eigenvalue weighted by Crippen LogP contribution is 2.36. The SMILES string of the molecule is CC(C)c1ccccc1C=C(CC(=O)N1CC2CCCCC2C1)C(=O)O. The zero-order valence-electron chi connectivity index (χ0n) is 15.8. The molecule has 2 fully saturated rings. The van der Waals surface area contributed by atoms with Crippen LogP contribution >= 0.6 is 0 Å². The van der Waals surface area contributed by atoms with E-state index in [1.54, 1.807) is 6.08 Å². The molecule has 1 aromatic carbocycles. The minimum absolute atomic E-state index is 0.0266. The lowest BCUT2D eigenvalue weighted by atomic mass is 9.82. The summed E-state index contributed by atoms with van der Waals surface area (Å²) in [6, 6.07) is 7.81. The van der Waals surface area contributed by atoms with Crippen LogP contribution in [0.25, 0.3) is 6.08 Å². The number of aliphatic carboxylic acids is 1. The average Bonchev–Trinajstić information content (AvgIpc) is 3.05. The molecule has 1 amide bonds. The third-order valence-electron chi connectivity index (χ3n) is 5.89. The number of carbonyl (C=O) groups excluding carboxylic acids is 1. The van der Waals surface area contributed by atoms with Gasteiger partial charge in [0.2, 0.25) is 5.91 Å². The molecule has 1 saturated carbocycles. The zero-order chi connectivity index (χ0) is 18.7. The molecule has 1 aliphatic carbocycles. The van der Waals surface area contributed by atoms with Crippen LogP contribution in [0.2, 0.25) is 0 Å². The highest BCUT2D eigenvalue weighted by molar-refractivity contribution is 5.98. The minimum Gasteiger partial charge on any atom is -0.478 e. The molecule has 0 radical (unpaired) electrons. The number of carbonyl (C=O) groups is 2. The summed E-state index contributed by atoms with van der Waals surface area (Å²) < 4.78 is 0. The highest BCUT2D eigenvalue weighted by Gasteiger charge is 2.36. The van der Waals surface area contributed by atoms with Crippen molar-refractivity contribution in [3.05, 3.63) is 41.0 Å². The zero-order valence-corrected chi connectivity index (χ0v) is 15.8. The molecule has 1 saturated heterocycles. The maximum atomic E-state index is 12.7. The molecule has 4 heteroatoms. The Morgan fingerprint density at radius 2 is 1.77 bits per heavy atom. The fraction of sp³-hybridized carbons (Fsp3) is 0.545. The predicted molar refractivity (Wildman–Crippen MR) is 103 cm³/mol. The lowest BCUT2D eigenvalue weighted by Gasteiger charge is -2.22. The van der Waals surface area contributed by atoms with Crippen molar-refractivity contribution in [3.63, 3.8) is 0 Å². The van der Waals surface area contributed by atoms with Crippen molar-refractivity contribution < 1.29 is 14.7 Å². The molecule has 1 N–H and O–H groups in total. The molecule has 0 aromatic heterocycles. The van der Waals surface area contributed by atoms with Gasteiger partial charge in [0.05, 0.1) is 6.42 Å². The summed E-state index contributed by atoms with van der Waals surface area (Å²) in [6.07, 6.45) is 6.58. The fourth-order valence-corrected chi connectivity index (χ4v) is 4.43. The Kier molecular flexibility index (Phi) is 5.80. The Morgan fingerprint density at radius 3 is 2.35 bits per heavy atom. The first kappa shape index (κ1) is 18.7. The van der Waals surface area contributed by atoms with E-state index in [0.29, 0.717) is 17.8 Å². The van der Waals surface area contributed by atoms with Crippen molar-refractivity contribution in [2.75, 3.05) is 13.1 Å². The number of hydrogen-bond acceptors (Lipinski definition) is 2. The van der Waals surface area contributed by atoms with E-state index in [1.165, 1.54) is 25.7 Å². The Balaban J connectivity index is 1.75. The summed E-state index contributed by atoms with van der Waals surface area (Å²) in [4.78, 5) is 26.4. The molecule has 140 valence electrons. The summed E-state index contributed by atoms with van der Waals surface area (Å²) in [7, 11) is 0. The predicted octanol–water partition coefficient (Wildman–Crippen LogP) is 4.32. The van der Waals surface area contributed by atoms with Gasteiger partial charge in [-0.25, -0.2) is 4.79 Å². The van der Waals surface area contributed by atoms with Crippen LogP contribution in [0.1, 0.15) is 63.0 Å². The monoisotopic (exact) mass is 355 g/mol. The molecular formula is C22H29NO3. The third-order valence-corrected chi connectivity index (χ3v) is 5.89. The van der Waals surface area contributed by atoms with Gasteiger partial charge in [0, 0.05) is 18.7 Å². The second-order valence-corrected chi connectivity index (χ2v) is 8.04. The molecule has 1 aliphatic heterocycles. The van der Waals surface area contributed by atoms with E-state index in [9.17, 15) is 14.7 Å². The number of benzene rings is 1. The van der Waals surface area contributed by atoms with Gasteiger partial charge in [-0.2, -0.15) is 0 Å². The summed E-state index contributed by atoms with van der Waals surface area (Å²) >= 11 is 0. The Bertz CT molecular complexity index is 693. The van der Waals surface area contributed by atoms with Gasteiger partial charge in [-0.3, -0.25) is 4.79 Å². The summed E-state index contributed by atoms with van der Waals surface area (Å²) in [5.41, 5.74) is 2.17. The molecule has 26 heavy (non-hydrogen) atoms. The number of hydrogen-bond donors (Lipinski definition) is 1. The van der Waals surface area contributed by atoms with Crippen molar-refractivity contribution in [1.29, 1.82) is 0 Å². The van der Waals surface area contributed by atoms with Gasteiger partial charge < -0.3 is 10.0 Å². The molecule has 2 aliphatic rings. The van der Waals surface area contributed by atoms with Crippen LogP contribution in [0.15, 0.2) is 29.8 Å². The third kappa shape index (κ3) is 4.17. The first-order valence-electron chi connectivity index (χ1n) is 9.76. The maximum absolute atomic E-state index is 12.7. The lowest BCUT2D eigenvalue weighted by Crippen LogP contribution is -2.29. The van der Waals surface area contributed by atoms with Gasteiger partial charge in [-0.1, -0.05) is 51.0 Å². The van der Waals surface area contributed by atoms with Crippen molar-refractivity contribution in [2.24, 2.45) is 11.8 Å².